The normalized spacial score (nSPS) is 10.5. The predicted molar refractivity (Wildman–Crippen MR) is 109 cm³/mol. The van der Waals surface area contributed by atoms with Gasteiger partial charge in [-0.15, -0.1) is 0 Å². The van der Waals surface area contributed by atoms with E-state index in [9.17, 15) is 19.7 Å². The van der Waals surface area contributed by atoms with Gasteiger partial charge in [-0.2, -0.15) is 5.26 Å². The predicted octanol–water partition coefficient (Wildman–Crippen LogP) is 2.21. The number of nitro benzene ring substituents is 1. The Balaban J connectivity index is 2.15. The van der Waals surface area contributed by atoms with Crippen LogP contribution >= 0.6 is 0 Å². The topological polar surface area (TPSA) is 127 Å². The number of nitriles is 1. The van der Waals surface area contributed by atoms with Gasteiger partial charge < -0.3 is 14.6 Å². The average Bonchev–Trinajstić information content (AvgIpc) is 2.75. The van der Waals surface area contributed by atoms with E-state index in [1.54, 1.807) is 22.8 Å². The number of hydrogen-bond acceptors (Lipinski definition) is 6. The molecule has 0 atom stereocenters. The third-order valence-corrected chi connectivity index (χ3v) is 4.52. The maximum Gasteiger partial charge on any atom is 0.270 e. The molecule has 0 aliphatic carbocycles. The lowest BCUT2D eigenvalue weighted by molar-refractivity contribution is -0.384. The lowest BCUT2D eigenvalue weighted by Gasteiger charge is -2.14. The van der Waals surface area contributed by atoms with Crippen molar-refractivity contribution in [3.8, 4) is 6.07 Å². The molecule has 0 radical (unpaired) electrons. The highest BCUT2D eigenvalue weighted by atomic mass is 16.6. The van der Waals surface area contributed by atoms with Crippen LogP contribution < -0.4 is 10.7 Å². The van der Waals surface area contributed by atoms with Crippen LogP contribution in [0.5, 0.6) is 0 Å². The lowest BCUT2D eigenvalue weighted by atomic mass is 10.1. The Morgan fingerprint density at radius 2 is 2.10 bits per heavy atom. The zero-order valence-electron chi connectivity index (χ0n) is 16.1. The van der Waals surface area contributed by atoms with Gasteiger partial charge in [0, 0.05) is 38.5 Å². The van der Waals surface area contributed by atoms with Crippen LogP contribution in [0.2, 0.25) is 0 Å². The molecule has 0 fully saturated rings. The summed E-state index contributed by atoms with van der Waals surface area (Å²) in [7, 11) is 1.49. The van der Waals surface area contributed by atoms with Crippen molar-refractivity contribution in [3.05, 3.63) is 85.7 Å². The molecule has 3 rings (SSSR count). The average molecular weight is 406 g/mol. The Hall–Kier alpha value is -4.03. The fourth-order valence-electron chi connectivity index (χ4n) is 3.09. The molecule has 0 saturated carbocycles. The summed E-state index contributed by atoms with van der Waals surface area (Å²) in [6.07, 6.45) is 1.43. The van der Waals surface area contributed by atoms with Crippen molar-refractivity contribution in [1.29, 1.82) is 5.26 Å². The summed E-state index contributed by atoms with van der Waals surface area (Å²) in [5.74, 6) is -0.593. The highest BCUT2D eigenvalue weighted by molar-refractivity contribution is 5.97. The highest BCUT2D eigenvalue weighted by Gasteiger charge is 2.18. The molecule has 0 unspecified atom stereocenters. The van der Waals surface area contributed by atoms with Crippen LogP contribution in [-0.4, -0.2) is 35.7 Å². The van der Waals surface area contributed by atoms with Gasteiger partial charge in [-0.05, 0) is 23.8 Å². The second-order valence-electron chi connectivity index (χ2n) is 6.52. The number of ether oxygens (including phenoxy) is 1. The molecule has 0 aliphatic heterocycles. The quantitative estimate of drug-likeness (QED) is 0.364. The van der Waals surface area contributed by atoms with Gasteiger partial charge in [0.2, 0.25) is 5.43 Å². The number of nitro groups is 1. The van der Waals surface area contributed by atoms with Crippen molar-refractivity contribution in [2.45, 2.75) is 6.54 Å². The summed E-state index contributed by atoms with van der Waals surface area (Å²) >= 11 is 0. The van der Waals surface area contributed by atoms with Crippen LogP contribution in [0.1, 0.15) is 21.5 Å². The number of hydrogen-bond donors (Lipinski definition) is 1. The number of carbonyl (C=O) groups excluding carboxylic acids is 1. The number of benzene rings is 2. The van der Waals surface area contributed by atoms with Gasteiger partial charge in [0.1, 0.15) is 5.56 Å². The summed E-state index contributed by atoms with van der Waals surface area (Å²) in [5.41, 5.74) is 0.742. The van der Waals surface area contributed by atoms with Crippen LogP contribution in [0, 0.1) is 21.4 Å². The Morgan fingerprint density at radius 1 is 1.30 bits per heavy atom. The van der Waals surface area contributed by atoms with Gasteiger partial charge >= 0.3 is 0 Å². The van der Waals surface area contributed by atoms with Crippen LogP contribution in [0.25, 0.3) is 10.9 Å². The first kappa shape index (κ1) is 20.7. The summed E-state index contributed by atoms with van der Waals surface area (Å²) < 4.78 is 6.56. The fourth-order valence-corrected chi connectivity index (χ4v) is 3.09. The standard InChI is InChI=1S/C21H18N4O5/c1-30-8-7-23-21(27)18-13-24(12-15-4-2-3-14(9-15)11-22)19-6-5-16(25(28)29)10-17(19)20(18)26/h2-6,9-10,13H,7-8,12H2,1H3,(H,23,27). The molecule has 1 N–H and O–H groups in total. The molecule has 9 heteroatoms. The largest absolute Gasteiger partial charge is 0.383 e. The zero-order chi connectivity index (χ0) is 21.7. The Labute approximate surface area is 171 Å². The third kappa shape index (κ3) is 4.34. The van der Waals surface area contributed by atoms with Crippen molar-refractivity contribution < 1.29 is 14.5 Å². The Kier molecular flexibility index (Phi) is 6.20. The van der Waals surface area contributed by atoms with Crippen LogP contribution in [0.15, 0.2) is 53.5 Å². The molecular weight excluding hydrogens is 388 g/mol. The minimum absolute atomic E-state index is 0.0695. The molecule has 0 spiro atoms. The number of nitrogens with zero attached hydrogens (tertiary/aromatic N) is 3. The fraction of sp³-hybridized carbons (Fsp3) is 0.190. The van der Waals surface area contributed by atoms with E-state index in [-0.39, 0.29) is 36.3 Å². The first-order valence-electron chi connectivity index (χ1n) is 9.02. The molecule has 2 aromatic carbocycles. The number of fused-ring (bicyclic) bond motifs is 1. The van der Waals surface area contributed by atoms with Gasteiger partial charge in [-0.25, -0.2) is 0 Å². The number of nitrogens with one attached hydrogen (secondary N) is 1. The van der Waals surface area contributed by atoms with Crippen molar-refractivity contribution in [1.82, 2.24) is 9.88 Å². The molecule has 0 bridgehead atoms. The van der Waals surface area contributed by atoms with Gasteiger partial charge in [-0.3, -0.25) is 19.7 Å². The van der Waals surface area contributed by atoms with E-state index in [0.29, 0.717) is 11.1 Å². The van der Waals surface area contributed by atoms with Crippen molar-refractivity contribution >= 4 is 22.5 Å². The number of methoxy groups -OCH3 is 1. The van der Waals surface area contributed by atoms with Crippen LogP contribution in [-0.2, 0) is 11.3 Å². The van der Waals surface area contributed by atoms with E-state index in [2.05, 4.69) is 11.4 Å². The monoisotopic (exact) mass is 406 g/mol. The second-order valence-corrected chi connectivity index (χ2v) is 6.52. The van der Waals surface area contributed by atoms with Gasteiger partial charge in [0.25, 0.3) is 11.6 Å². The maximum atomic E-state index is 12.9. The first-order valence-corrected chi connectivity index (χ1v) is 9.02. The Morgan fingerprint density at radius 3 is 2.80 bits per heavy atom. The van der Waals surface area contributed by atoms with E-state index in [1.807, 2.05) is 6.07 Å². The number of amides is 1. The molecule has 9 nitrogen and oxygen atoms in total. The first-order chi connectivity index (χ1) is 14.4. The maximum absolute atomic E-state index is 12.9. The SMILES string of the molecule is COCCNC(=O)c1cn(Cc2cccc(C#N)c2)c2ccc([N+](=O)[O-])cc2c1=O. The Bertz CT molecular complexity index is 1230. The molecule has 1 heterocycles. The van der Waals surface area contributed by atoms with E-state index >= 15 is 0 Å². The van der Waals surface area contributed by atoms with Crippen molar-refractivity contribution in [2.75, 3.05) is 20.3 Å². The number of aromatic nitrogens is 1. The van der Waals surface area contributed by atoms with Crippen molar-refractivity contribution in [2.24, 2.45) is 0 Å². The smallest absolute Gasteiger partial charge is 0.270 e. The van der Waals surface area contributed by atoms with Crippen LogP contribution in [0.4, 0.5) is 5.69 Å². The second kappa shape index (κ2) is 8.98. The van der Waals surface area contributed by atoms with E-state index < -0.39 is 16.3 Å². The molecule has 1 amide bonds. The van der Waals surface area contributed by atoms with Crippen molar-refractivity contribution in [3.63, 3.8) is 0 Å². The van der Waals surface area contributed by atoms with Gasteiger partial charge in [0.15, 0.2) is 0 Å². The molecule has 1 aromatic heterocycles. The molecular formula is C21H18N4O5. The summed E-state index contributed by atoms with van der Waals surface area (Å²) in [6, 6.07) is 13.0. The van der Waals surface area contributed by atoms with E-state index in [4.69, 9.17) is 10.00 Å². The molecule has 3 aromatic rings. The summed E-state index contributed by atoms with van der Waals surface area (Å²) in [6.45, 7) is 0.758. The number of non-ortho nitro benzene ring substituents is 1. The number of carbonyl (C=O) groups is 1. The molecule has 0 aliphatic rings. The highest BCUT2D eigenvalue weighted by Crippen LogP contribution is 2.20. The third-order valence-electron chi connectivity index (χ3n) is 4.52. The van der Waals surface area contributed by atoms with Gasteiger partial charge in [-0.1, -0.05) is 12.1 Å². The van der Waals surface area contributed by atoms with E-state index in [1.165, 1.54) is 31.5 Å². The summed E-state index contributed by atoms with van der Waals surface area (Å²) in [4.78, 5) is 36.0. The lowest BCUT2D eigenvalue weighted by Crippen LogP contribution is -2.32. The number of pyridine rings is 1. The minimum Gasteiger partial charge on any atom is -0.383 e. The molecule has 30 heavy (non-hydrogen) atoms. The molecule has 0 saturated heterocycles. The zero-order valence-corrected chi connectivity index (χ0v) is 16.1. The van der Waals surface area contributed by atoms with Crippen LogP contribution in [0.3, 0.4) is 0 Å². The van der Waals surface area contributed by atoms with E-state index in [0.717, 1.165) is 5.56 Å². The molecule has 152 valence electrons. The number of rotatable bonds is 7. The van der Waals surface area contributed by atoms with Gasteiger partial charge in [0.05, 0.1) is 34.1 Å². The minimum atomic E-state index is -0.593. The summed E-state index contributed by atoms with van der Waals surface area (Å²) in [5, 5.41) is 22.9.